The molecule has 3 aromatic carbocycles. The number of β-lactam (4-membered cyclic amide) rings is 1. The molecule has 2 amide bonds. The highest BCUT2D eigenvalue weighted by Crippen LogP contribution is 2.49. The van der Waals surface area contributed by atoms with Gasteiger partial charge in [-0.25, -0.2) is 8.78 Å². The van der Waals surface area contributed by atoms with Crippen molar-refractivity contribution in [2.45, 2.75) is 49.4 Å². The van der Waals surface area contributed by atoms with Crippen LogP contribution < -0.4 is 10.2 Å². The van der Waals surface area contributed by atoms with Crippen LogP contribution in [-0.4, -0.2) is 78.6 Å². The topological polar surface area (TPSA) is 191 Å². The lowest BCUT2D eigenvalue weighted by Crippen LogP contribution is -2.55. The van der Waals surface area contributed by atoms with E-state index in [0.29, 0.717) is 11.3 Å². The molecule has 1 aliphatic rings. The number of aromatic hydroxyl groups is 1. The van der Waals surface area contributed by atoms with Crippen molar-refractivity contribution in [1.82, 2.24) is 0 Å². The van der Waals surface area contributed by atoms with Crippen molar-refractivity contribution in [3.05, 3.63) is 89.5 Å². The highest BCUT2D eigenvalue weighted by molar-refractivity contribution is 6.03. The number of nitrogens with one attached hydrogen (secondary N) is 1. The van der Waals surface area contributed by atoms with Gasteiger partial charge < -0.3 is 46.0 Å². The molecule has 11 nitrogen and oxygen atoms in total. The maximum Gasteiger partial charge on any atom is 0.256 e. The van der Waals surface area contributed by atoms with Crippen molar-refractivity contribution in [1.29, 1.82) is 0 Å². The van der Waals surface area contributed by atoms with E-state index in [-0.39, 0.29) is 35.7 Å². The SMILES string of the molecule is O=C(Nc1ccc(C2C(CCC(O)c3ccc(F)cc3)C(=O)N2c2ccc(F)cc2)c(O)c1)C(O)C(O)C(O)C(O)CO. The Bertz CT molecular complexity index is 1420. The second-order valence-corrected chi connectivity index (χ2v) is 10.3. The molecule has 0 aliphatic carbocycles. The Morgan fingerprint density at radius 2 is 1.49 bits per heavy atom. The third-order valence-corrected chi connectivity index (χ3v) is 7.46. The summed E-state index contributed by atoms with van der Waals surface area (Å²) in [5, 5.41) is 71.9. The van der Waals surface area contributed by atoms with Crippen LogP contribution in [0.15, 0.2) is 66.7 Å². The second-order valence-electron chi connectivity index (χ2n) is 10.3. The summed E-state index contributed by atoms with van der Waals surface area (Å²) in [4.78, 5) is 27.1. The molecule has 0 aromatic heterocycles. The number of carbonyl (C=O) groups excluding carboxylic acids is 2. The highest BCUT2D eigenvalue weighted by atomic mass is 19.1. The minimum Gasteiger partial charge on any atom is -0.508 e. The molecule has 7 atom stereocenters. The summed E-state index contributed by atoms with van der Waals surface area (Å²) in [6.07, 6.45) is -8.82. The Morgan fingerprint density at radius 3 is 2.07 bits per heavy atom. The molecule has 1 fully saturated rings. The molecule has 0 bridgehead atoms. The van der Waals surface area contributed by atoms with Crippen LogP contribution in [0, 0.1) is 17.6 Å². The van der Waals surface area contributed by atoms with Gasteiger partial charge in [-0.05, 0) is 60.9 Å². The molecule has 13 heteroatoms. The molecule has 43 heavy (non-hydrogen) atoms. The number of hydrogen-bond acceptors (Lipinski definition) is 9. The predicted molar refractivity (Wildman–Crippen MR) is 149 cm³/mol. The first-order valence-electron chi connectivity index (χ1n) is 13.4. The summed E-state index contributed by atoms with van der Waals surface area (Å²) in [6, 6.07) is 13.7. The average Bonchev–Trinajstić information content (AvgIpc) is 2.99. The summed E-state index contributed by atoms with van der Waals surface area (Å²) < 4.78 is 26.9. The number of halogens is 2. The molecule has 4 rings (SSSR count). The van der Waals surface area contributed by atoms with E-state index in [2.05, 4.69) is 5.32 Å². The summed E-state index contributed by atoms with van der Waals surface area (Å²) in [7, 11) is 0. The Balaban J connectivity index is 1.54. The Labute approximate surface area is 244 Å². The minimum absolute atomic E-state index is 0.0167. The average molecular weight is 603 g/mol. The number of carbonyl (C=O) groups is 2. The van der Waals surface area contributed by atoms with Crippen molar-refractivity contribution in [3.63, 3.8) is 0 Å². The third kappa shape index (κ3) is 6.99. The molecule has 7 unspecified atom stereocenters. The number of benzene rings is 3. The van der Waals surface area contributed by atoms with Gasteiger partial charge in [0.15, 0.2) is 6.10 Å². The van der Waals surface area contributed by atoms with Gasteiger partial charge in [0.05, 0.1) is 24.7 Å². The Kier molecular flexibility index (Phi) is 10.1. The van der Waals surface area contributed by atoms with E-state index in [0.717, 1.165) is 6.07 Å². The van der Waals surface area contributed by atoms with Crippen LogP contribution in [0.1, 0.15) is 36.1 Å². The summed E-state index contributed by atoms with van der Waals surface area (Å²) in [6.45, 7) is -0.924. The number of rotatable bonds is 12. The lowest BCUT2D eigenvalue weighted by molar-refractivity contribution is -0.144. The van der Waals surface area contributed by atoms with Crippen LogP contribution >= 0.6 is 0 Å². The van der Waals surface area contributed by atoms with Crippen molar-refractivity contribution in [3.8, 4) is 5.75 Å². The molecule has 3 aromatic rings. The lowest BCUT2D eigenvalue weighted by atomic mass is 9.78. The predicted octanol–water partition coefficient (Wildman–Crippen LogP) is 1.26. The minimum atomic E-state index is -2.20. The van der Waals surface area contributed by atoms with Crippen LogP contribution in [0.3, 0.4) is 0 Å². The zero-order valence-corrected chi connectivity index (χ0v) is 22.7. The van der Waals surface area contributed by atoms with E-state index < -0.39 is 66.6 Å². The van der Waals surface area contributed by atoms with Crippen LogP contribution in [-0.2, 0) is 9.59 Å². The van der Waals surface area contributed by atoms with Crippen LogP contribution in [0.2, 0.25) is 0 Å². The first-order valence-corrected chi connectivity index (χ1v) is 13.4. The van der Waals surface area contributed by atoms with Crippen molar-refractivity contribution in [2.24, 2.45) is 5.92 Å². The normalized spacial score (nSPS) is 20.1. The fourth-order valence-electron chi connectivity index (χ4n) is 5.03. The molecular weight excluding hydrogens is 570 g/mol. The summed E-state index contributed by atoms with van der Waals surface area (Å²) in [5.41, 5.74) is 1.08. The highest BCUT2D eigenvalue weighted by Gasteiger charge is 2.49. The standard InChI is InChI=1S/C30H32F2N2O9/c31-16-3-1-15(2-4-16)22(36)12-11-21-25(34(30(21)43)19-8-5-17(32)6-9-19)20-10-7-18(13-23(20)37)33-29(42)28(41)27(40)26(39)24(38)14-35/h1-10,13,21-22,24-28,35-41H,11-12,14H2,(H,33,42). The number of hydrogen-bond donors (Lipinski definition) is 8. The molecule has 8 N–H and O–H groups in total. The van der Waals surface area contributed by atoms with Gasteiger partial charge in [0.2, 0.25) is 5.91 Å². The van der Waals surface area contributed by atoms with E-state index >= 15 is 0 Å². The molecular formula is C30H32F2N2O9. The van der Waals surface area contributed by atoms with E-state index in [1.807, 2.05) is 0 Å². The first kappa shape index (κ1) is 31.9. The van der Waals surface area contributed by atoms with Crippen LogP contribution in [0.5, 0.6) is 5.75 Å². The smallest absolute Gasteiger partial charge is 0.256 e. The number of anilines is 2. The van der Waals surface area contributed by atoms with Crippen LogP contribution in [0.25, 0.3) is 0 Å². The van der Waals surface area contributed by atoms with Gasteiger partial charge in [-0.2, -0.15) is 0 Å². The maximum absolute atomic E-state index is 13.6. The van der Waals surface area contributed by atoms with E-state index in [9.17, 15) is 49.0 Å². The quantitative estimate of drug-likeness (QED) is 0.141. The molecule has 1 aliphatic heterocycles. The largest absolute Gasteiger partial charge is 0.508 e. The number of aliphatic hydroxyl groups excluding tert-OH is 6. The van der Waals surface area contributed by atoms with Gasteiger partial charge in [0.25, 0.3) is 5.91 Å². The van der Waals surface area contributed by atoms with Gasteiger partial charge in [-0.1, -0.05) is 18.2 Å². The van der Waals surface area contributed by atoms with E-state index in [1.54, 1.807) is 0 Å². The third-order valence-electron chi connectivity index (χ3n) is 7.46. The van der Waals surface area contributed by atoms with Gasteiger partial charge in [0, 0.05) is 23.0 Å². The zero-order chi connectivity index (χ0) is 31.4. The first-order chi connectivity index (χ1) is 20.4. The zero-order valence-electron chi connectivity index (χ0n) is 22.7. The van der Waals surface area contributed by atoms with Crippen molar-refractivity contribution >= 4 is 23.2 Å². The number of phenolic OH excluding ortho intramolecular Hbond substituents is 1. The number of phenols is 1. The maximum atomic E-state index is 13.6. The molecule has 1 heterocycles. The fraction of sp³-hybridized carbons (Fsp3) is 0.333. The fourth-order valence-corrected chi connectivity index (χ4v) is 5.03. The van der Waals surface area contributed by atoms with E-state index in [1.165, 1.54) is 65.6 Å². The monoisotopic (exact) mass is 602 g/mol. The Morgan fingerprint density at radius 1 is 0.884 bits per heavy atom. The second kappa shape index (κ2) is 13.5. The molecule has 0 radical (unpaired) electrons. The number of aliphatic hydroxyl groups is 6. The van der Waals surface area contributed by atoms with Gasteiger partial charge in [-0.3, -0.25) is 9.59 Å². The van der Waals surface area contributed by atoms with Gasteiger partial charge in [0.1, 0.15) is 35.7 Å². The van der Waals surface area contributed by atoms with Crippen molar-refractivity contribution < 1.29 is 54.1 Å². The van der Waals surface area contributed by atoms with E-state index in [4.69, 9.17) is 5.11 Å². The number of amides is 2. The molecule has 230 valence electrons. The Hall–Kier alpha value is -3.98. The molecule has 0 saturated carbocycles. The van der Waals surface area contributed by atoms with Crippen molar-refractivity contribution in [2.75, 3.05) is 16.8 Å². The molecule has 0 spiro atoms. The molecule has 1 saturated heterocycles. The lowest BCUT2D eigenvalue weighted by Gasteiger charge is -2.48. The van der Waals surface area contributed by atoms with Crippen LogP contribution in [0.4, 0.5) is 20.2 Å². The summed E-state index contributed by atoms with van der Waals surface area (Å²) in [5.74, 6) is -3.54. The van der Waals surface area contributed by atoms with Gasteiger partial charge in [-0.15, -0.1) is 0 Å². The summed E-state index contributed by atoms with van der Waals surface area (Å²) >= 11 is 0. The van der Waals surface area contributed by atoms with Gasteiger partial charge >= 0.3 is 0 Å². The number of nitrogens with zero attached hydrogens (tertiary/aromatic N) is 1.